The summed E-state index contributed by atoms with van der Waals surface area (Å²) in [5, 5.41) is 0. The molecule has 1 fully saturated rings. The maximum absolute atomic E-state index is 12.2. The minimum atomic E-state index is -3.71. The zero-order valence-electron chi connectivity index (χ0n) is 11.6. The van der Waals surface area contributed by atoms with Gasteiger partial charge in [0.25, 0.3) is 10.1 Å². The lowest BCUT2D eigenvalue weighted by Crippen LogP contribution is -2.37. The molecular formula is C14H20O4S. The molecule has 5 heteroatoms. The Kier molecular flexibility index (Phi) is 3.99. The molecule has 1 aromatic carbocycles. The van der Waals surface area contributed by atoms with Crippen molar-refractivity contribution >= 4 is 10.1 Å². The van der Waals surface area contributed by atoms with Crippen LogP contribution in [0.3, 0.4) is 0 Å². The van der Waals surface area contributed by atoms with E-state index in [1.165, 1.54) is 0 Å². The molecule has 2 rings (SSSR count). The van der Waals surface area contributed by atoms with Crippen LogP contribution in [-0.4, -0.2) is 22.1 Å². The van der Waals surface area contributed by atoms with Crippen molar-refractivity contribution < 1.29 is 17.3 Å². The summed E-state index contributed by atoms with van der Waals surface area (Å²) >= 11 is 0. The summed E-state index contributed by atoms with van der Waals surface area (Å²) in [7, 11) is -2.07. The number of aryl methyl sites for hydroxylation is 1. The van der Waals surface area contributed by atoms with Crippen LogP contribution in [0.15, 0.2) is 23.1 Å². The van der Waals surface area contributed by atoms with Gasteiger partial charge in [-0.05, 0) is 39.2 Å². The summed E-state index contributed by atoms with van der Waals surface area (Å²) in [6.07, 6.45) is 2.75. The first-order valence-corrected chi connectivity index (χ1v) is 7.92. The first-order chi connectivity index (χ1) is 8.95. The van der Waals surface area contributed by atoms with E-state index in [9.17, 15) is 8.42 Å². The Hall–Kier alpha value is -0.910. The van der Waals surface area contributed by atoms with Crippen LogP contribution in [0.4, 0.5) is 0 Å². The molecule has 0 amide bonds. The van der Waals surface area contributed by atoms with Gasteiger partial charge in [-0.3, -0.25) is 4.18 Å². The van der Waals surface area contributed by atoms with Gasteiger partial charge in [0.2, 0.25) is 0 Å². The monoisotopic (exact) mass is 284 g/mol. The molecule has 1 saturated carbocycles. The third-order valence-corrected chi connectivity index (χ3v) is 5.16. The van der Waals surface area contributed by atoms with E-state index in [-0.39, 0.29) is 11.5 Å². The summed E-state index contributed by atoms with van der Waals surface area (Å²) in [6.45, 7) is 3.75. The van der Waals surface area contributed by atoms with Crippen molar-refractivity contribution in [1.82, 2.24) is 0 Å². The number of ether oxygens (including phenoxy) is 1. The molecule has 1 aliphatic rings. The molecule has 0 aromatic heterocycles. The highest BCUT2D eigenvalue weighted by molar-refractivity contribution is 7.86. The number of benzene rings is 1. The maximum atomic E-state index is 12.2. The molecule has 1 aliphatic carbocycles. The second-order valence-corrected chi connectivity index (χ2v) is 6.50. The molecule has 0 bridgehead atoms. The summed E-state index contributed by atoms with van der Waals surface area (Å²) in [6, 6.07) is 5.31. The summed E-state index contributed by atoms with van der Waals surface area (Å²) in [5.74, 6) is 0. The van der Waals surface area contributed by atoms with Crippen molar-refractivity contribution in [3.05, 3.63) is 29.3 Å². The molecule has 0 atom stereocenters. The van der Waals surface area contributed by atoms with Gasteiger partial charge in [0.1, 0.15) is 4.90 Å². The van der Waals surface area contributed by atoms with Gasteiger partial charge in [0.15, 0.2) is 0 Å². The largest absolute Gasteiger partial charge is 0.373 e. The minimum absolute atomic E-state index is 0.135. The predicted molar refractivity (Wildman–Crippen MR) is 72.5 cm³/mol. The number of methoxy groups -OCH3 is 1. The van der Waals surface area contributed by atoms with Crippen molar-refractivity contribution in [2.24, 2.45) is 0 Å². The van der Waals surface area contributed by atoms with E-state index in [4.69, 9.17) is 8.92 Å². The van der Waals surface area contributed by atoms with Gasteiger partial charge in [-0.2, -0.15) is 8.42 Å². The van der Waals surface area contributed by atoms with Crippen LogP contribution in [-0.2, 0) is 24.6 Å². The molecule has 0 unspecified atom stereocenters. The topological polar surface area (TPSA) is 52.6 Å². The van der Waals surface area contributed by atoms with Crippen molar-refractivity contribution in [3.63, 3.8) is 0 Å². The average molecular weight is 284 g/mol. The van der Waals surface area contributed by atoms with E-state index >= 15 is 0 Å². The molecule has 1 aromatic rings. The standard InChI is InChI=1S/C14H20O4S/c1-4-18-19(15,16)13-7-6-11(2)10-12(13)14(17-3)8-5-9-14/h6-7,10H,4-5,8-9H2,1-3H3. The van der Waals surface area contributed by atoms with Gasteiger partial charge in [-0.1, -0.05) is 17.7 Å². The van der Waals surface area contributed by atoms with Crippen molar-refractivity contribution in [2.45, 2.75) is 43.6 Å². The SMILES string of the molecule is CCOS(=O)(=O)c1ccc(C)cc1C1(OC)CCC1. The predicted octanol–water partition coefficient (Wildman–Crippen LogP) is 2.75. The van der Waals surface area contributed by atoms with Gasteiger partial charge in [-0.15, -0.1) is 0 Å². The second-order valence-electron chi connectivity index (χ2n) is 4.91. The van der Waals surface area contributed by atoms with E-state index < -0.39 is 15.7 Å². The van der Waals surface area contributed by atoms with E-state index in [2.05, 4.69) is 0 Å². The Morgan fingerprint density at radius 3 is 2.47 bits per heavy atom. The normalized spacial score (nSPS) is 18.1. The van der Waals surface area contributed by atoms with Crippen molar-refractivity contribution in [1.29, 1.82) is 0 Å². The molecular weight excluding hydrogens is 264 g/mol. The maximum Gasteiger partial charge on any atom is 0.297 e. The lowest BCUT2D eigenvalue weighted by Gasteiger charge is -2.41. The minimum Gasteiger partial charge on any atom is -0.373 e. The fourth-order valence-electron chi connectivity index (χ4n) is 2.52. The van der Waals surface area contributed by atoms with Gasteiger partial charge in [-0.25, -0.2) is 0 Å². The Labute approximate surface area is 114 Å². The van der Waals surface area contributed by atoms with Crippen molar-refractivity contribution in [2.75, 3.05) is 13.7 Å². The van der Waals surface area contributed by atoms with Crippen LogP contribution in [0, 0.1) is 6.92 Å². The quantitative estimate of drug-likeness (QED) is 0.780. The molecule has 106 valence electrons. The average Bonchev–Trinajstić information content (AvgIpc) is 2.28. The number of hydrogen-bond acceptors (Lipinski definition) is 4. The third kappa shape index (κ3) is 2.55. The van der Waals surface area contributed by atoms with Crippen molar-refractivity contribution in [3.8, 4) is 0 Å². The van der Waals surface area contributed by atoms with Crippen LogP contribution in [0.25, 0.3) is 0 Å². The molecule has 0 spiro atoms. The molecule has 0 heterocycles. The van der Waals surface area contributed by atoms with E-state index in [1.54, 1.807) is 26.2 Å². The van der Waals surface area contributed by atoms with Gasteiger partial charge in [0, 0.05) is 12.7 Å². The molecule has 0 saturated heterocycles. The lowest BCUT2D eigenvalue weighted by atomic mass is 9.74. The Bertz CT molecular complexity index is 553. The first-order valence-electron chi connectivity index (χ1n) is 6.51. The van der Waals surface area contributed by atoms with E-state index in [1.807, 2.05) is 13.0 Å². The fourth-order valence-corrected chi connectivity index (χ4v) is 3.70. The summed E-state index contributed by atoms with van der Waals surface area (Å²) in [5.41, 5.74) is 1.29. The number of rotatable bonds is 5. The first kappa shape index (κ1) is 14.5. The van der Waals surface area contributed by atoms with Gasteiger partial charge in [0.05, 0.1) is 12.2 Å². The summed E-state index contributed by atoms with van der Waals surface area (Å²) < 4.78 is 34.9. The molecule has 19 heavy (non-hydrogen) atoms. The Morgan fingerprint density at radius 2 is 2.00 bits per heavy atom. The molecule has 0 radical (unpaired) electrons. The van der Waals surface area contributed by atoms with Gasteiger partial charge >= 0.3 is 0 Å². The van der Waals surface area contributed by atoms with E-state index in [0.717, 1.165) is 30.4 Å². The lowest BCUT2D eigenvalue weighted by molar-refractivity contribution is -0.0801. The highest BCUT2D eigenvalue weighted by Gasteiger charge is 2.42. The summed E-state index contributed by atoms with van der Waals surface area (Å²) in [4.78, 5) is 0.238. The van der Waals surface area contributed by atoms with Gasteiger partial charge < -0.3 is 4.74 Å². The van der Waals surface area contributed by atoms with E-state index in [0.29, 0.717) is 0 Å². The Morgan fingerprint density at radius 1 is 1.32 bits per heavy atom. The van der Waals surface area contributed by atoms with Crippen LogP contribution in [0.2, 0.25) is 0 Å². The molecule has 0 N–H and O–H groups in total. The number of hydrogen-bond donors (Lipinski definition) is 0. The zero-order chi connectivity index (χ0) is 14.1. The Balaban J connectivity index is 2.56. The van der Waals surface area contributed by atoms with Crippen LogP contribution in [0.1, 0.15) is 37.3 Å². The second kappa shape index (κ2) is 5.23. The van der Waals surface area contributed by atoms with Crippen LogP contribution < -0.4 is 0 Å². The highest BCUT2D eigenvalue weighted by atomic mass is 32.2. The smallest absolute Gasteiger partial charge is 0.297 e. The third-order valence-electron chi connectivity index (χ3n) is 3.72. The molecule has 0 aliphatic heterocycles. The fraction of sp³-hybridized carbons (Fsp3) is 0.571. The highest BCUT2D eigenvalue weighted by Crippen LogP contribution is 2.46. The van der Waals surface area contributed by atoms with Crippen LogP contribution >= 0.6 is 0 Å². The zero-order valence-corrected chi connectivity index (χ0v) is 12.4. The molecule has 4 nitrogen and oxygen atoms in total. The van der Waals surface area contributed by atoms with Crippen LogP contribution in [0.5, 0.6) is 0 Å².